The molecular weight excluding hydrogens is 539 g/mol. The van der Waals surface area contributed by atoms with Gasteiger partial charge in [-0.15, -0.1) is 13.2 Å². The lowest BCUT2D eigenvalue weighted by Crippen LogP contribution is -2.60. The maximum atomic E-state index is 13.9. The number of nitrogens with zero attached hydrogens (tertiary/aromatic N) is 1. The van der Waals surface area contributed by atoms with Gasteiger partial charge in [0.1, 0.15) is 5.75 Å². The number of methoxy groups -OCH3 is 1. The van der Waals surface area contributed by atoms with Crippen LogP contribution in [0.1, 0.15) is 75.2 Å². The number of benzene rings is 2. The fraction of sp³-hybridized carbons (Fsp3) is 0.500. The molecule has 0 unspecified atom stereocenters. The number of rotatable bonds is 9. The molecule has 0 atom stereocenters. The summed E-state index contributed by atoms with van der Waals surface area (Å²) in [6.07, 6.45) is -0.109. The number of nitrogens with one attached hydrogen (secondary N) is 2. The van der Waals surface area contributed by atoms with Gasteiger partial charge in [0.2, 0.25) is 0 Å². The fourth-order valence-electron chi connectivity index (χ4n) is 5.34. The van der Waals surface area contributed by atoms with Gasteiger partial charge in [-0.1, -0.05) is 52.2 Å². The summed E-state index contributed by atoms with van der Waals surface area (Å²) in [5, 5.41) is 5.54. The third kappa shape index (κ3) is 8.61. The van der Waals surface area contributed by atoms with Crippen LogP contribution in [0.25, 0.3) is 0 Å². The van der Waals surface area contributed by atoms with Crippen molar-refractivity contribution in [3.8, 4) is 5.75 Å². The molecule has 0 heterocycles. The zero-order chi connectivity index (χ0) is 30.3. The first-order valence-corrected chi connectivity index (χ1v) is 13.6. The molecule has 2 aromatic rings. The number of carbonyl (C=O) groups is 3. The minimum Gasteiger partial charge on any atom is -0.469 e. The zero-order valence-corrected chi connectivity index (χ0v) is 23.9. The number of amides is 3. The van der Waals surface area contributed by atoms with Crippen molar-refractivity contribution in [1.29, 1.82) is 0 Å². The predicted molar refractivity (Wildman–Crippen MR) is 148 cm³/mol. The molecule has 1 fully saturated rings. The van der Waals surface area contributed by atoms with Crippen LogP contribution in [0.15, 0.2) is 48.5 Å². The second-order valence-corrected chi connectivity index (χ2v) is 11.2. The maximum absolute atomic E-state index is 13.9. The van der Waals surface area contributed by atoms with Crippen LogP contribution in [-0.2, 0) is 16.1 Å². The van der Waals surface area contributed by atoms with E-state index in [0.29, 0.717) is 11.3 Å². The van der Waals surface area contributed by atoms with Gasteiger partial charge in [0.05, 0.1) is 13.5 Å². The van der Waals surface area contributed by atoms with Gasteiger partial charge in [0.25, 0.3) is 5.91 Å². The third-order valence-electron chi connectivity index (χ3n) is 7.58. The minimum absolute atomic E-state index is 0.0668. The van der Waals surface area contributed by atoms with Crippen molar-refractivity contribution in [2.24, 2.45) is 5.41 Å². The molecule has 2 N–H and O–H groups in total. The van der Waals surface area contributed by atoms with Crippen LogP contribution in [0.5, 0.6) is 5.75 Å². The smallest absolute Gasteiger partial charge is 0.469 e. The van der Waals surface area contributed by atoms with Crippen LogP contribution in [0, 0.1) is 5.41 Å². The van der Waals surface area contributed by atoms with Gasteiger partial charge in [0.15, 0.2) is 0 Å². The molecule has 0 aromatic heterocycles. The van der Waals surface area contributed by atoms with Crippen LogP contribution in [0.4, 0.5) is 23.7 Å². The van der Waals surface area contributed by atoms with E-state index >= 15 is 0 Å². The van der Waals surface area contributed by atoms with Gasteiger partial charge < -0.3 is 25.0 Å². The van der Waals surface area contributed by atoms with E-state index in [1.807, 2.05) is 4.90 Å². The number of esters is 1. The second kappa shape index (κ2) is 13.3. The number of hydrogen-bond acceptors (Lipinski definition) is 5. The molecule has 0 bridgehead atoms. The Hall–Kier alpha value is -3.76. The average molecular weight is 578 g/mol. The summed E-state index contributed by atoms with van der Waals surface area (Å²) < 4.78 is 46.2. The summed E-state index contributed by atoms with van der Waals surface area (Å²) in [4.78, 5) is 39.5. The Labute approximate surface area is 238 Å². The van der Waals surface area contributed by atoms with Gasteiger partial charge in [-0.25, -0.2) is 4.79 Å². The van der Waals surface area contributed by atoms with Crippen molar-refractivity contribution >= 4 is 23.6 Å². The normalized spacial score (nSPS) is 15.0. The molecule has 3 rings (SSSR count). The number of anilines is 1. The molecule has 8 nitrogen and oxygen atoms in total. The predicted octanol–water partition coefficient (Wildman–Crippen LogP) is 6.66. The molecule has 41 heavy (non-hydrogen) atoms. The van der Waals surface area contributed by atoms with Crippen molar-refractivity contribution < 1.29 is 37.0 Å². The van der Waals surface area contributed by atoms with Crippen molar-refractivity contribution in [2.75, 3.05) is 19.0 Å². The Morgan fingerprint density at radius 3 is 2.07 bits per heavy atom. The van der Waals surface area contributed by atoms with Crippen molar-refractivity contribution in [1.82, 2.24) is 10.2 Å². The molecule has 1 saturated carbocycles. The van der Waals surface area contributed by atoms with E-state index in [-0.39, 0.29) is 42.6 Å². The van der Waals surface area contributed by atoms with Crippen LogP contribution in [0.3, 0.4) is 0 Å². The molecule has 224 valence electrons. The summed E-state index contributed by atoms with van der Waals surface area (Å²) in [5.74, 6) is -1.12. The number of carbonyl (C=O) groups excluding carboxylic acids is 3. The van der Waals surface area contributed by atoms with E-state index in [4.69, 9.17) is 0 Å². The van der Waals surface area contributed by atoms with E-state index < -0.39 is 17.9 Å². The highest BCUT2D eigenvalue weighted by atomic mass is 19.4. The molecule has 1 aliphatic rings. The molecule has 2 aromatic carbocycles. The lowest BCUT2D eigenvalue weighted by atomic mass is 9.64. The quantitative estimate of drug-likeness (QED) is 0.325. The van der Waals surface area contributed by atoms with Gasteiger partial charge in [0, 0.05) is 29.9 Å². The number of urea groups is 1. The van der Waals surface area contributed by atoms with Crippen molar-refractivity contribution in [3.63, 3.8) is 0 Å². The van der Waals surface area contributed by atoms with Gasteiger partial charge in [-0.3, -0.25) is 9.59 Å². The van der Waals surface area contributed by atoms with E-state index in [9.17, 15) is 27.6 Å². The first-order chi connectivity index (χ1) is 19.2. The highest BCUT2D eigenvalue weighted by Crippen LogP contribution is 2.47. The Morgan fingerprint density at radius 2 is 1.54 bits per heavy atom. The Morgan fingerprint density at radius 1 is 0.927 bits per heavy atom. The first-order valence-electron chi connectivity index (χ1n) is 13.6. The second-order valence-electron chi connectivity index (χ2n) is 11.2. The van der Waals surface area contributed by atoms with Crippen LogP contribution < -0.4 is 15.4 Å². The molecular formula is C30H38F3N3O5. The Bertz CT molecular complexity index is 1190. The standard InChI is InChI=1S/C30H38F3N3O5/c1-28(2,3)29(17-6-5-7-18-29)36(27(39)35-23-12-14-24(15-13-23)41-30(31,32)33)20-21-8-10-22(11-9-21)26(38)34-19-16-25(37)40-4/h8-15H,5-7,16-20H2,1-4H3,(H,34,38)(H,35,39). The summed E-state index contributed by atoms with van der Waals surface area (Å²) in [6.45, 7) is 6.76. The molecule has 0 spiro atoms. The molecule has 0 aliphatic heterocycles. The van der Waals surface area contributed by atoms with Crippen LogP contribution in [-0.4, -0.2) is 48.4 Å². The average Bonchev–Trinajstić information content (AvgIpc) is 2.92. The number of alkyl halides is 3. The third-order valence-corrected chi connectivity index (χ3v) is 7.58. The number of hydrogen-bond donors (Lipinski definition) is 2. The number of ether oxygens (including phenoxy) is 2. The number of halogens is 3. The van der Waals surface area contributed by atoms with E-state index in [2.05, 4.69) is 40.9 Å². The van der Waals surface area contributed by atoms with E-state index in [1.165, 1.54) is 19.2 Å². The molecule has 0 radical (unpaired) electrons. The largest absolute Gasteiger partial charge is 0.573 e. The topological polar surface area (TPSA) is 97.0 Å². The zero-order valence-electron chi connectivity index (χ0n) is 23.9. The Balaban J connectivity index is 1.82. The summed E-state index contributed by atoms with van der Waals surface area (Å²) in [6, 6.07) is 11.6. The lowest BCUT2D eigenvalue weighted by Gasteiger charge is -2.54. The molecule has 1 aliphatic carbocycles. The SMILES string of the molecule is COC(=O)CCNC(=O)c1ccc(CN(C(=O)Nc2ccc(OC(F)(F)F)cc2)C2(C(C)(C)C)CCCCC2)cc1. The first kappa shape index (κ1) is 31.8. The molecule has 11 heteroatoms. The minimum atomic E-state index is -4.80. The maximum Gasteiger partial charge on any atom is 0.573 e. The summed E-state index contributed by atoms with van der Waals surface area (Å²) >= 11 is 0. The van der Waals surface area contributed by atoms with Crippen LogP contribution in [0.2, 0.25) is 0 Å². The van der Waals surface area contributed by atoms with Gasteiger partial charge in [-0.05, 0) is 60.2 Å². The van der Waals surface area contributed by atoms with Crippen molar-refractivity contribution in [2.45, 2.75) is 77.7 Å². The molecule has 3 amide bonds. The van der Waals surface area contributed by atoms with Gasteiger partial charge >= 0.3 is 18.4 Å². The van der Waals surface area contributed by atoms with E-state index in [1.54, 1.807) is 24.3 Å². The monoisotopic (exact) mass is 577 g/mol. The van der Waals surface area contributed by atoms with Gasteiger partial charge in [-0.2, -0.15) is 0 Å². The summed E-state index contributed by atoms with van der Waals surface area (Å²) in [5.41, 5.74) is 0.828. The fourth-order valence-corrected chi connectivity index (χ4v) is 5.34. The highest BCUT2D eigenvalue weighted by molar-refractivity contribution is 5.94. The summed E-state index contributed by atoms with van der Waals surface area (Å²) in [7, 11) is 1.28. The van der Waals surface area contributed by atoms with Crippen LogP contribution >= 0.6 is 0 Å². The highest BCUT2D eigenvalue weighted by Gasteiger charge is 2.49. The Kier molecular flexibility index (Phi) is 10.3. The van der Waals surface area contributed by atoms with E-state index in [0.717, 1.165) is 49.8 Å². The lowest BCUT2D eigenvalue weighted by molar-refractivity contribution is -0.274. The molecule has 0 saturated heterocycles. The van der Waals surface area contributed by atoms with Crippen molar-refractivity contribution in [3.05, 3.63) is 59.7 Å².